The van der Waals surface area contributed by atoms with Crippen molar-refractivity contribution in [2.45, 2.75) is 58.8 Å². The Bertz CT molecular complexity index is 1130. The van der Waals surface area contributed by atoms with Crippen molar-refractivity contribution < 1.29 is 18.4 Å². The third-order valence-corrected chi connectivity index (χ3v) is 8.45. The fourth-order valence-corrected chi connectivity index (χ4v) is 6.07. The predicted molar refractivity (Wildman–Crippen MR) is 138 cm³/mol. The smallest absolute Gasteiger partial charge is 0.250 e. The van der Waals surface area contributed by atoms with Gasteiger partial charge in [-0.3, -0.25) is 9.59 Å². The van der Waals surface area contributed by atoms with Crippen LogP contribution in [0.4, 0.5) is 8.78 Å². The van der Waals surface area contributed by atoms with E-state index in [4.69, 9.17) is 5.41 Å². The molecule has 1 fully saturated rings. The first-order chi connectivity index (χ1) is 17.2. The molecule has 4 rings (SSSR count). The van der Waals surface area contributed by atoms with E-state index in [1.807, 2.05) is 49.1 Å². The highest BCUT2D eigenvalue weighted by molar-refractivity contribution is 5.95. The van der Waals surface area contributed by atoms with Crippen molar-refractivity contribution in [1.82, 2.24) is 4.90 Å². The number of nitrogens with zero attached hydrogens (tertiary/aromatic N) is 1. The van der Waals surface area contributed by atoms with Crippen LogP contribution in [-0.4, -0.2) is 35.4 Å². The van der Waals surface area contributed by atoms with Gasteiger partial charge in [0.1, 0.15) is 5.78 Å². The van der Waals surface area contributed by atoms with Crippen LogP contribution < -0.4 is 0 Å². The molecule has 2 aliphatic carbocycles. The summed E-state index contributed by atoms with van der Waals surface area (Å²) in [6.45, 7) is 6.96. The summed E-state index contributed by atoms with van der Waals surface area (Å²) < 4.78 is 27.7. The van der Waals surface area contributed by atoms with Crippen molar-refractivity contribution in [2.75, 3.05) is 13.1 Å². The summed E-state index contributed by atoms with van der Waals surface area (Å²) in [4.78, 5) is 28.3. The molecular weight excluding hydrogens is 458 g/mol. The number of likely N-dealkylation sites (tertiary alicyclic amines) is 1. The first kappa shape index (κ1) is 26.2. The number of nitrogens with one attached hydrogen (secondary N) is 1. The molecule has 192 valence electrons. The monoisotopic (exact) mass is 494 g/mol. The van der Waals surface area contributed by atoms with Gasteiger partial charge < -0.3 is 10.3 Å². The summed E-state index contributed by atoms with van der Waals surface area (Å²) >= 11 is 0. The van der Waals surface area contributed by atoms with Gasteiger partial charge in [-0.25, -0.2) is 8.78 Å². The normalized spacial score (nSPS) is 23.6. The lowest BCUT2D eigenvalue weighted by Gasteiger charge is -2.36. The van der Waals surface area contributed by atoms with E-state index in [-0.39, 0.29) is 47.7 Å². The van der Waals surface area contributed by atoms with E-state index in [2.05, 4.69) is 0 Å². The highest BCUT2D eigenvalue weighted by Crippen LogP contribution is 2.42. The van der Waals surface area contributed by atoms with Gasteiger partial charge in [-0.05, 0) is 67.7 Å². The van der Waals surface area contributed by atoms with Gasteiger partial charge >= 0.3 is 0 Å². The van der Waals surface area contributed by atoms with Crippen LogP contribution in [0.25, 0.3) is 0 Å². The van der Waals surface area contributed by atoms with Gasteiger partial charge in [-0.2, -0.15) is 0 Å². The van der Waals surface area contributed by atoms with Gasteiger partial charge in [-0.1, -0.05) is 44.2 Å². The van der Waals surface area contributed by atoms with Crippen molar-refractivity contribution >= 4 is 17.4 Å². The second-order valence-corrected chi connectivity index (χ2v) is 10.7. The Balaban J connectivity index is 1.37. The molecule has 1 N–H and O–H groups in total. The minimum atomic E-state index is -0.871. The number of piperidine rings is 1. The van der Waals surface area contributed by atoms with E-state index >= 15 is 0 Å². The molecule has 3 aliphatic rings. The summed E-state index contributed by atoms with van der Waals surface area (Å²) in [6, 6.07) is 2.52. The molecule has 36 heavy (non-hydrogen) atoms. The summed E-state index contributed by atoms with van der Waals surface area (Å²) in [7, 11) is 0. The van der Waals surface area contributed by atoms with Gasteiger partial charge in [0.15, 0.2) is 11.6 Å². The van der Waals surface area contributed by atoms with Crippen LogP contribution in [0.1, 0.15) is 63.5 Å². The van der Waals surface area contributed by atoms with Gasteiger partial charge in [0.2, 0.25) is 5.91 Å². The van der Waals surface area contributed by atoms with E-state index in [0.717, 1.165) is 29.5 Å². The number of aryl methyl sites for hydroxylation is 1. The number of allylic oxidation sites excluding steroid dienone is 5. The summed E-state index contributed by atoms with van der Waals surface area (Å²) in [5.74, 6) is -1.89. The Kier molecular flexibility index (Phi) is 8.01. The number of ketones is 1. The molecule has 4 atom stereocenters. The fraction of sp³-hybridized carbons (Fsp3) is 0.500. The number of fused-ring (bicyclic) bond motifs is 1. The molecule has 0 radical (unpaired) electrons. The molecule has 0 bridgehead atoms. The van der Waals surface area contributed by atoms with E-state index in [9.17, 15) is 18.4 Å². The Labute approximate surface area is 212 Å². The maximum absolute atomic E-state index is 14.0. The number of amides is 1. The first-order valence-electron chi connectivity index (χ1n) is 13.1. The summed E-state index contributed by atoms with van der Waals surface area (Å²) in [6.07, 6.45) is 12.8. The highest BCUT2D eigenvalue weighted by atomic mass is 19.2. The third-order valence-electron chi connectivity index (χ3n) is 8.45. The Hall–Kier alpha value is -2.89. The topological polar surface area (TPSA) is 61.2 Å². The molecule has 0 saturated carbocycles. The van der Waals surface area contributed by atoms with Crippen LogP contribution in [0.15, 0.2) is 48.1 Å². The molecule has 6 heteroatoms. The van der Waals surface area contributed by atoms with Gasteiger partial charge in [0.05, 0.1) is 0 Å². The molecule has 1 aromatic rings. The van der Waals surface area contributed by atoms with Crippen LogP contribution in [0, 0.1) is 40.7 Å². The quantitative estimate of drug-likeness (QED) is 0.461. The largest absolute Gasteiger partial charge is 0.339 e. The third kappa shape index (κ3) is 5.42. The highest BCUT2D eigenvalue weighted by Gasteiger charge is 2.36. The van der Waals surface area contributed by atoms with Crippen LogP contribution in [0.5, 0.6) is 0 Å². The van der Waals surface area contributed by atoms with Gasteiger partial charge in [-0.15, -0.1) is 0 Å². The molecule has 0 spiro atoms. The van der Waals surface area contributed by atoms with Crippen LogP contribution in [-0.2, 0) is 16.0 Å². The van der Waals surface area contributed by atoms with Crippen LogP contribution in [0.2, 0.25) is 0 Å². The van der Waals surface area contributed by atoms with Crippen molar-refractivity contribution in [3.63, 3.8) is 0 Å². The van der Waals surface area contributed by atoms with Gasteiger partial charge in [0, 0.05) is 48.5 Å². The number of Topliss-reactive ketones (excluding diaryl/α,β-unsaturated/α-hetero) is 1. The lowest BCUT2D eigenvalue weighted by atomic mass is 9.76. The first-order valence-corrected chi connectivity index (χ1v) is 13.1. The second-order valence-electron chi connectivity index (χ2n) is 10.7. The fourth-order valence-electron chi connectivity index (χ4n) is 6.07. The Morgan fingerprint density at radius 1 is 1.08 bits per heavy atom. The zero-order valence-electron chi connectivity index (χ0n) is 21.4. The Morgan fingerprint density at radius 3 is 2.47 bits per heavy atom. The number of carbonyl (C=O) groups is 2. The molecule has 1 aliphatic heterocycles. The van der Waals surface area contributed by atoms with E-state index in [0.29, 0.717) is 31.6 Å². The lowest BCUT2D eigenvalue weighted by molar-refractivity contribution is -0.130. The van der Waals surface area contributed by atoms with Crippen molar-refractivity contribution in [3.05, 3.63) is 70.8 Å². The Morgan fingerprint density at radius 2 is 1.78 bits per heavy atom. The number of rotatable bonds is 7. The number of carbonyl (C=O) groups excluding carboxylic acids is 2. The average Bonchev–Trinajstić information content (AvgIpc) is 3.12. The number of hydrogen-bond donors (Lipinski definition) is 1. The van der Waals surface area contributed by atoms with Crippen molar-refractivity contribution in [3.8, 4) is 0 Å². The number of benzene rings is 1. The zero-order chi connectivity index (χ0) is 26.0. The van der Waals surface area contributed by atoms with Gasteiger partial charge in [0.25, 0.3) is 0 Å². The van der Waals surface area contributed by atoms with Crippen molar-refractivity contribution in [1.29, 1.82) is 5.41 Å². The molecular formula is C30H36F2N2O2. The number of halogens is 2. The maximum Gasteiger partial charge on any atom is 0.250 e. The number of hydrogen-bond acceptors (Lipinski definition) is 3. The SMILES string of the molecule is CC(=N)C(CC(=O)C(C)C1CCN(C(=O)C2=CC=CC=CC2C)CC1)C1CCc2cc(F)c(F)cc21. The summed E-state index contributed by atoms with van der Waals surface area (Å²) in [5, 5.41) is 8.36. The van der Waals surface area contributed by atoms with Crippen molar-refractivity contribution in [2.24, 2.45) is 23.7 Å². The molecule has 4 nitrogen and oxygen atoms in total. The maximum atomic E-state index is 14.0. The van der Waals surface area contributed by atoms with E-state index in [1.165, 1.54) is 12.1 Å². The van der Waals surface area contributed by atoms with Crippen LogP contribution >= 0.6 is 0 Å². The van der Waals surface area contributed by atoms with E-state index in [1.54, 1.807) is 6.92 Å². The standard InChI is InChI=1S/C30H36F2N2O2/c1-18-7-5-4-6-8-23(18)30(36)34-13-11-21(12-14-34)19(2)29(35)17-25(20(3)33)24-10-9-22-15-27(31)28(32)16-26(22)24/h4-8,15-16,18-19,21,24-25,33H,9-14,17H2,1-3H3. The molecule has 1 amide bonds. The molecule has 0 aromatic heterocycles. The predicted octanol–water partition coefficient (Wildman–Crippen LogP) is 6.17. The van der Waals surface area contributed by atoms with Crippen LogP contribution in [0.3, 0.4) is 0 Å². The molecule has 1 heterocycles. The zero-order valence-corrected chi connectivity index (χ0v) is 21.4. The average molecular weight is 495 g/mol. The minimum Gasteiger partial charge on any atom is -0.339 e. The second kappa shape index (κ2) is 11.0. The minimum absolute atomic E-state index is 0.0673. The molecule has 1 saturated heterocycles. The van der Waals surface area contributed by atoms with E-state index < -0.39 is 11.6 Å². The summed E-state index contributed by atoms with van der Waals surface area (Å²) in [5.41, 5.74) is 2.73. The molecule has 1 aromatic carbocycles. The molecule has 4 unspecified atom stereocenters. The lowest BCUT2D eigenvalue weighted by Crippen LogP contribution is -2.42.